The van der Waals surface area contributed by atoms with Gasteiger partial charge in [-0.05, 0) is 24.3 Å². The van der Waals surface area contributed by atoms with Crippen molar-refractivity contribution in [3.8, 4) is 0 Å². The lowest BCUT2D eigenvalue weighted by Gasteiger charge is -2.17. The van der Waals surface area contributed by atoms with Crippen molar-refractivity contribution in [1.82, 2.24) is 0 Å². The Hall–Kier alpha value is -1.45. The number of carbonyl (C=O) groups is 1. The maximum absolute atomic E-state index is 11.6. The largest absolute Gasteiger partial charge is 0.315 e. The Morgan fingerprint density at radius 3 is 2.00 bits per heavy atom. The summed E-state index contributed by atoms with van der Waals surface area (Å²) in [5, 5.41) is 4.94. The van der Waals surface area contributed by atoms with Crippen LogP contribution < -0.4 is 10.0 Å². The first-order valence-electron chi connectivity index (χ1n) is 5.08. The molecular formula is C10H14N2O5S2. The maximum Gasteiger partial charge on any atom is 0.241 e. The van der Waals surface area contributed by atoms with Crippen LogP contribution in [0.15, 0.2) is 29.2 Å². The Bertz CT molecular complexity index is 677. The van der Waals surface area contributed by atoms with Crippen molar-refractivity contribution in [3.63, 3.8) is 0 Å². The van der Waals surface area contributed by atoms with E-state index < -0.39 is 31.5 Å². The Morgan fingerprint density at radius 2 is 1.63 bits per heavy atom. The number of nitrogens with two attached hydrogens (primary N) is 1. The van der Waals surface area contributed by atoms with Crippen LogP contribution in [0.2, 0.25) is 0 Å². The van der Waals surface area contributed by atoms with Gasteiger partial charge in [-0.2, -0.15) is 0 Å². The normalized spacial score (nSPS) is 12.2. The highest BCUT2D eigenvalue weighted by Gasteiger charge is 2.17. The third-order valence-corrected chi connectivity index (χ3v) is 4.01. The Labute approximate surface area is 112 Å². The van der Waals surface area contributed by atoms with Crippen LogP contribution in [0, 0.1) is 0 Å². The molecule has 0 spiro atoms. The van der Waals surface area contributed by atoms with E-state index in [2.05, 4.69) is 0 Å². The molecule has 0 saturated carbocycles. The molecule has 9 heteroatoms. The summed E-state index contributed by atoms with van der Waals surface area (Å²) in [6, 6.07) is 5.24. The number of amides is 1. The van der Waals surface area contributed by atoms with Crippen molar-refractivity contribution in [2.45, 2.75) is 4.90 Å². The molecule has 0 radical (unpaired) electrons. The molecule has 7 nitrogen and oxygen atoms in total. The third-order valence-electron chi connectivity index (χ3n) is 2.31. The van der Waals surface area contributed by atoms with Gasteiger partial charge in [0.25, 0.3) is 0 Å². The highest BCUT2D eigenvalue weighted by Crippen LogP contribution is 2.16. The van der Waals surface area contributed by atoms with Crippen LogP contribution in [0.4, 0.5) is 5.69 Å². The average Bonchev–Trinajstić information content (AvgIpc) is 2.24. The standard InChI is InChI=1S/C10H14N2O5S2/c1-12(10(13)7-18(2,14)15)8-3-5-9(6-4-8)19(11,16)17/h3-6H,7H2,1-2H3,(H2,11,16,17). The number of anilines is 1. The number of carbonyl (C=O) groups excluding carboxylic acids is 1. The van der Waals surface area contributed by atoms with E-state index in [9.17, 15) is 21.6 Å². The van der Waals surface area contributed by atoms with Crippen molar-refractivity contribution >= 4 is 31.5 Å². The minimum atomic E-state index is -3.79. The summed E-state index contributed by atoms with van der Waals surface area (Å²) < 4.78 is 44.1. The van der Waals surface area contributed by atoms with Crippen molar-refractivity contribution < 1.29 is 21.6 Å². The molecule has 0 bridgehead atoms. The molecular weight excluding hydrogens is 292 g/mol. The molecule has 0 atom stereocenters. The van der Waals surface area contributed by atoms with Gasteiger partial charge in [0.15, 0.2) is 9.84 Å². The van der Waals surface area contributed by atoms with Crippen LogP contribution in [0.5, 0.6) is 0 Å². The fourth-order valence-electron chi connectivity index (χ4n) is 1.32. The molecule has 2 N–H and O–H groups in total. The second kappa shape index (κ2) is 5.27. The highest BCUT2D eigenvalue weighted by molar-refractivity contribution is 7.91. The topological polar surface area (TPSA) is 115 Å². The summed E-state index contributed by atoms with van der Waals surface area (Å²) in [7, 11) is -5.81. The number of hydrogen-bond acceptors (Lipinski definition) is 5. The van der Waals surface area contributed by atoms with Crippen molar-refractivity contribution in [2.75, 3.05) is 24.0 Å². The second-order valence-corrected chi connectivity index (χ2v) is 7.76. The van der Waals surface area contributed by atoms with E-state index in [1.165, 1.54) is 31.3 Å². The molecule has 0 aromatic heterocycles. The van der Waals surface area contributed by atoms with Gasteiger partial charge in [-0.1, -0.05) is 0 Å². The molecule has 1 amide bonds. The number of nitrogens with zero attached hydrogens (tertiary/aromatic N) is 1. The number of sulfonamides is 1. The predicted octanol–water partition coefficient (Wildman–Crippen LogP) is -0.659. The first kappa shape index (κ1) is 15.6. The number of primary sulfonamides is 1. The maximum atomic E-state index is 11.6. The zero-order valence-corrected chi connectivity index (χ0v) is 12.0. The van der Waals surface area contributed by atoms with E-state index >= 15 is 0 Å². The minimum absolute atomic E-state index is 0.0831. The molecule has 0 heterocycles. The van der Waals surface area contributed by atoms with Crippen molar-refractivity contribution in [1.29, 1.82) is 0 Å². The molecule has 0 aliphatic carbocycles. The fourth-order valence-corrected chi connectivity index (χ4v) is 2.48. The van der Waals surface area contributed by atoms with E-state index in [1.54, 1.807) is 0 Å². The molecule has 106 valence electrons. The van der Waals surface area contributed by atoms with Crippen LogP contribution in [0.3, 0.4) is 0 Å². The summed E-state index contributed by atoms with van der Waals surface area (Å²) in [4.78, 5) is 12.7. The summed E-state index contributed by atoms with van der Waals surface area (Å²) in [5.41, 5.74) is 0.376. The fraction of sp³-hybridized carbons (Fsp3) is 0.300. The van der Waals surface area contributed by atoms with Gasteiger partial charge >= 0.3 is 0 Å². The summed E-state index contributed by atoms with van der Waals surface area (Å²) in [6.45, 7) is 0. The Morgan fingerprint density at radius 1 is 1.16 bits per heavy atom. The zero-order valence-electron chi connectivity index (χ0n) is 10.4. The quantitative estimate of drug-likeness (QED) is 0.793. The Kier molecular flexibility index (Phi) is 4.33. The van der Waals surface area contributed by atoms with Gasteiger partial charge in [0.1, 0.15) is 5.75 Å². The number of sulfone groups is 1. The van der Waals surface area contributed by atoms with Crippen LogP contribution >= 0.6 is 0 Å². The van der Waals surface area contributed by atoms with Gasteiger partial charge < -0.3 is 4.90 Å². The second-order valence-electron chi connectivity index (χ2n) is 4.06. The first-order chi connectivity index (χ1) is 8.50. The number of benzene rings is 1. The molecule has 0 aliphatic heterocycles. The summed E-state index contributed by atoms with van der Waals surface area (Å²) in [6.07, 6.45) is 0.961. The molecule has 0 unspecified atom stereocenters. The van der Waals surface area contributed by atoms with Gasteiger partial charge in [0, 0.05) is 19.0 Å². The van der Waals surface area contributed by atoms with E-state index in [4.69, 9.17) is 5.14 Å². The molecule has 0 saturated heterocycles. The lowest BCUT2D eigenvalue weighted by atomic mass is 10.3. The molecule has 1 aromatic carbocycles. The van der Waals surface area contributed by atoms with Gasteiger partial charge in [-0.15, -0.1) is 0 Å². The molecule has 19 heavy (non-hydrogen) atoms. The van der Waals surface area contributed by atoms with E-state index in [0.717, 1.165) is 11.2 Å². The van der Waals surface area contributed by atoms with Crippen molar-refractivity contribution in [3.05, 3.63) is 24.3 Å². The van der Waals surface area contributed by atoms with Crippen molar-refractivity contribution in [2.24, 2.45) is 5.14 Å². The molecule has 0 aliphatic rings. The van der Waals surface area contributed by atoms with Gasteiger partial charge in [0.2, 0.25) is 15.9 Å². The third kappa shape index (κ3) is 4.62. The van der Waals surface area contributed by atoms with Gasteiger partial charge in [-0.3, -0.25) is 4.79 Å². The smallest absolute Gasteiger partial charge is 0.241 e. The van der Waals surface area contributed by atoms with E-state index in [0.29, 0.717) is 5.69 Å². The van der Waals surface area contributed by atoms with Gasteiger partial charge in [-0.25, -0.2) is 22.0 Å². The molecule has 1 aromatic rings. The zero-order chi connectivity index (χ0) is 14.8. The number of rotatable bonds is 4. The minimum Gasteiger partial charge on any atom is -0.315 e. The van der Waals surface area contributed by atoms with Crippen LogP contribution in [-0.4, -0.2) is 41.8 Å². The van der Waals surface area contributed by atoms with E-state index in [-0.39, 0.29) is 4.90 Å². The van der Waals surface area contributed by atoms with E-state index in [1.807, 2.05) is 0 Å². The summed E-state index contributed by atoms with van der Waals surface area (Å²) in [5.74, 6) is -1.22. The monoisotopic (exact) mass is 306 g/mol. The summed E-state index contributed by atoms with van der Waals surface area (Å²) >= 11 is 0. The molecule has 0 fully saturated rings. The SMILES string of the molecule is CN(C(=O)CS(C)(=O)=O)c1ccc(S(N)(=O)=O)cc1. The lowest BCUT2D eigenvalue weighted by molar-refractivity contribution is -0.115. The van der Waals surface area contributed by atoms with Crippen LogP contribution in [-0.2, 0) is 24.7 Å². The van der Waals surface area contributed by atoms with Crippen LogP contribution in [0.1, 0.15) is 0 Å². The van der Waals surface area contributed by atoms with Gasteiger partial charge in [0.05, 0.1) is 4.90 Å². The first-order valence-corrected chi connectivity index (χ1v) is 8.68. The average molecular weight is 306 g/mol. The highest BCUT2D eigenvalue weighted by atomic mass is 32.2. The predicted molar refractivity (Wildman–Crippen MR) is 70.9 cm³/mol. The number of hydrogen-bond donors (Lipinski definition) is 1. The lowest BCUT2D eigenvalue weighted by Crippen LogP contribution is -2.32. The molecule has 1 rings (SSSR count). The van der Waals surface area contributed by atoms with Crippen LogP contribution in [0.25, 0.3) is 0 Å². The Balaban J connectivity index is 2.96.